The van der Waals surface area contributed by atoms with Gasteiger partial charge < -0.3 is 5.32 Å². The summed E-state index contributed by atoms with van der Waals surface area (Å²) < 4.78 is 27.4. The zero-order chi connectivity index (χ0) is 14.6. The van der Waals surface area contributed by atoms with Gasteiger partial charge in [-0.3, -0.25) is 5.10 Å². The molecule has 6 nitrogen and oxygen atoms in total. The van der Waals surface area contributed by atoms with Crippen LogP contribution in [0, 0.1) is 6.92 Å². The molecule has 1 aliphatic rings. The van der Waals surface area contributed by atoms with E-state index in [2.05, 4.69) is 20.2 Å². The van der Waals surface area contributed by atoms with Gasteiger partial charge in [0.1, 0.15) is 0 Å². The highest BCUT2D eigenvalue weighted by molar-refractivity contribution is 8.00. The highest BCUT2D eigenvalue weighted by atomic mass is 32.2. The number of sulfonamides is 1. The van der Waals surface area contributed by atoms with E-state index in [0.717, 1.165) is 17.9 Å². The molecule has 1 saturated heterocycles. The largest absolute Gasteiger partial charge is 0.316 e. The first-order chi connectivity index (χ1) is 9.54. The Morgan fingerprint density at radius 2 is 2.25 bits per heavy atom. The smallest absolute Gasteiger partial charge is 0.260 e. The van der Waals surface area contributed by atoms with Gasteiger partial charge in [0, 0.05) is 29.6 Å². The fraction of sp³-hybridized carbons (Fsp3) is 0.750. The predicted octanol–water partition coefficient (Wildman–Crippen LogP) is 1.00. The molecule has 1 atom stereocenters. The van der Waals surface area contributed by atoms with Crippen LogP contribution in [0.4, 0.5) is 0 Å². The summed E-state index contributed by atoms with van der Waals surface area (Å²) in [5.74, 6) is 1.12. The number of nitrogens with one attached hydrogen (secondary N) is 3. The first-order valence-electron chi connectivity index (χ1n) is 6.84. The summed E-state index contributed by atoms with van der Waals surface area (Å²) in [4.78, 5) is 0. The zero-order valence-corrected chi connectivity index (χ0v) is 13.5. The van der Waals surface area contributed by atoms with E-state index in [1.165, 1.54) is 12.8 Å². The van der Waals surface area contributed by atoms with Crippen molar-refractivity contribution in [3.63, 3.8) is 0 Å². The van der Waals surface area contributed by atoms with Crippen molar-refractivity contribution < 1.29 is 8.42 Å². The van der Waals surface area contributed by atoms with Crippen LogP contribution < -0.4 is 10.0 Å². The average molecular weight is 318 g/mol. The van der Waals surface area contributed by atoms with Crippen LogP contribution in [0.2, 0.25) is 0 Å². The predicted molar refractivity (Wildman–Crippen MR) is 81.4 cm³/mol. The molecule has 2 rings (SSSR count). The molecule has 1 fully saturated rings. The topological polar surface area (TPSA) is 86.9 Å². The van der Waals surface area contributed by atoms with Crippen molar-refractivity contribution in [3.05, 3.63) is 11.3 Å². The van der Waals surface area contributed by atoms with Gasteiger partial charge in [0.2, 0.25) is 0 Å². The maximum atomic E-state index is 12.4. The molecule has 20 heavy (non-hydrogen) atoms. The van der Waals surface area contributed by atoms with Crippen molar-refractivity contribution in [2.24, 2.45) is 0 Å². The van der Waals surface area contributed by atoms with E-state index in [1.807, 2.05) is 18.7 Å². The molecule has 2 heterocycles. The van der Waals surface area contributed by atoms with Crippen LogP contribution in [0.5, 0.6) is 0 Å². The molecule has 1 aromatic rings. The first-order valence-corrected chi connectivity index (χ1v) is 9.37. The lowest BCUT2D eigenvalue weighted by molar-refractivity contribution is 0.568. The van der Waals surface area contributed by atoms with Crippen molar-refractivity contribution in [1.29, 1.82) is 0 Å². The number of aryl methyl sites for hydroxylation is 1. The van der Waals surface area contributed by atoms with Gasteiger partial charge in [-0.15, -0.1) is 0 Å². The highest BCUT2D eigenvalue weighted by Gasteiger charge is 2.25. The van der Waals surface area contributed by atoms with Gasteiger partial charge in [0.15, 0.2) is 5.03 Å². The lowest BCUT2D eigenvalue weighted by Crippen LogP contribution is -2.33. The molecular weight excluding hydrogens is 296 g/mol. The number of thioether (sulfide) groups is 1. The minimum absolute atomic E-state index is 0.116. The molecule has 0 amide bonds. The summed E-state index contributed by atoms with van der Waals surface area (Å²) in [7, 11) is -1.75. The molecular formula is C12H22N4O2S2. The molecule has 1 unspecified atom stereocenters. The number of nitrogens with zero attached hydrogens (tertiary/aromatic N) is 1. The summed E-state index contributed by atoms with van der Waals surface area (Å²) in [6.07, 6.45) is 3.50. The number of aromatic nitrogens is 2. The van der Waals surface area contributed by atoms with Crippen LogP contribution in [0.15, 0.2) is 5.03 Å². The zero-order valence-electron chi connectivity index (χ0n) is 11.9. The Bertz CT molecular complexity index is 536. The Morgan fingerprint density at radius 3 is 2.90 bits per heavy atom. The molecule has 1 aliphatic heterocycles. The van der Waals surface area contributed by atoms with Gasteiger partial charge in [-0.2, -0.15) is 16.9 Å². The third kappa shape index (κ3) is 3.75. The maximum absolute atomic E-state index is 12.4. The Hall–Kier alpha value is -0.570. The van der Waals surface area contributed by atoms with Crippen LogP contribution in [0.1, 0.15) is 30.5 Å². The van der Waals surface area contributed by atoms with Crippen molar-refractivity contribution in [1.82, 2.24) is 20.2 Å². The SMILES string of the molecule is CNCc1c(S(=O)(=O)NCC2CCCCS2)n[nH]c1C. The number of hydrogen-bond acceptors (Lipinski definition) is 5. The summed E-state index contributed by atoms with van der Waals surface area (Å²) in [5, 5.41) is 10.2. The third-order valence-corrected chi connectivity index (χ3v) is 6.21. The molecule has 0 aliphatic carbocycles. The van der Waals surface area contributed by atoms with Crippen molar-refractivity contribution in [2.75, 3.05) is 19.3 Å². The lowest BCUT2D eigenvalue weighted by atomic mass is 10.2. The van der Waals surface area contributed by atoms with E-state index in [1.54, 1.807) is 7.05 Å². The van der Waals surface area contributed by atoms with Crippen LogP contribution in [-0.4, -0.2) is 43.2 Å². The number of rotatable bonds is 6. The van der Waals surface area contributed by atoms with E-state index in [-0.39, 0.29) is 5.03 Å². The standard InChI is InChI=1S/C12H22N4O2S2/c1-9-11(8-13-2)12(16-15-9)20(17,18)14-7-10-5-3-4-6-19-10/h10,13-14H,3-8H2,1-2H3,(H,15,16). The summed E-state index contributed by atoms with van der Waals surface area (Å²) in [6.45, 7) is 2.80. The molecule has 3 N–H and O–H groups in total. The van der Waals surface area contributed by atoms with Gasteiger partial charge in [0.05, 0.1) is 0 Å². The monoisotopic (exact) mass is 318 g/mol. The Labute approximate surface area is 124 Å². The third-order valence-electron chi connectivity index (χ3n) is 3.42. The average Bonchev–Trinajstić information content (AvgIpc) is 2.81. The molecule has 8 heteroatoms. The number of H-pyrrole nitrogens is 1. The molecule has 0 radical (unpaired) electrons. The van der Waals surface area contributed by atoms with Gasteiger partial charge in [-0.1, -0.05) is 6.42 Å². The van der Waals surface area contributed by atoms with E-state index in [4.69, 9.17) is 0 Å². The quantitative estimate of drug-likeness (QED) is 0.728. The van der Waals surface area contributed by atoms with E-state index in [0.29, 0.717) is 23.9 Å². The summed E-state index contributed by atoms with van der Waals surface area (Å²) in [5.41, 5.74) is 1.49. The first kappa shape index (κ1) is 15.8. The van der Waals surface area contributed by atoms with Crippen LogP contribution in [-0.2, 0) is 16.6 Å². The number of hydrogen-bond donors (Lipinski definition) is 3. The molecule has 1 aromatic heterocycles. The fourth-order valence-corrected chi connectivity index (χ4v) is 4.89. The second kappa shape index (κ2) is 6.93. The Kier molecular flexibility index (Phi) is 5.48. The minimum Gasteiger partial charge on any atom is -0.316 e. The normalized spacial score (nSPS) is 20.2. The van der Waals surface area contributed by atoms with Gasteiger partial charge >= 0.3 is 0 Å². The molecule has 0 aromatic carbocycles. The van der Waals surface area contributed by atoms with E-state index in [9.17, 15) is 8.42 Å². The molecule has 0 saturated carbocycles. The lowest BCUT2D eigenvalue weighted by Gasteiger charge is -2.21. The molecule has 114 valence electrons. The van der Waals surface area contributed by atoms with Gasteiger partial charge in [-0.05, 0) is 32.6 Å². The van der Waals surface area contributed by atoms with E-state index < -0.39 is 10.0 Å². The molecule has 0 bridgehead atoms. The van der Waals surface area contributed by atoms with Gasteiger partial charge in [-0.25, -0.2) is 13.1 Å². The highest BCUT2D eigenvalue weighted by Crippen LogP contribution is 2.25. The van der Waals surface area contributed by atoms with Crippen LogP contribution in [0.25, 0.3) is 0 Å². The Morgan fingerprint density at radius 1 is 1.45 bits per heavy atom. The molecule has 0 spiro atoms. The second-order valence-electron chi connectivity index (χ2n) is 5.00. The van der Waals surface area contributed by atoms with Crippen molar-refractivity contribution in [3.8, 4) is 0 Å². The minimum atomic E-state index is -3.54. The summed E-state index contributed by atoms with van der Waals surface area (Å²) in [6, 6.07) is 0. The van der Waals surface area contributed by atoms with Crippen molar-refractivity contribution in [2.45, 2.75) is 43.0 Å². The van der Waals surface area contributed by atoms with E-state index >= 15 is 0 Å². The summed E-state index contributed by atoms with van der Waals surface area (Å²) >= 11 is 1.85. The van der Waals surface area contributed by atoms with Gasteiger partial charge in [0.25, 0.3) is 10.0 Å². The van der Waals surface area contributed by atoms with Crippen LogP contribution in [0.3, 0.4) is 0 Å². The maximum Gasteiger partial charge on any atom is 0.260 e. The van der Waals surface area contributed by atoms with Crippen LogP contribution >= 0.6 is 11.8 Å². The van der Waals surface area contributed by atoms with Crippen molar-refractivity contribution >= 4 is 21.8 Å². The number of aromatic amines is 1. The fourth-order valence-electron chi connectivity index (χ4n) is 2.28. The second-order valence-corrected chi connectivity index (χ2v) is 8.09. The Balaban J connectivity index is 2.05.